The smallest absolute Gasteiger partial charge is 0.227 e. The number of amides is 1. The highest BCUT2D eigenvalue weighted by Gasteiger charge is 2.24. The molecular weight excluding hydrogens is 318 g/mol. The molecule has 0 saturated heterocycles. The molecule has 0 radical (unpaired) electrons. The van der Waals surface area contributed by atoms with Crippen molar-refractivity contribution in [2.75, 3.05) is 4.90 Å². The van der Waals surface area contributed by atoms with E-state index in [4.69, 9.17) is 0 Å². The molecule has 0 bridgehead atoms. The van der Waals surface area contributed by atoms with Crippen molar-refractivity contribution < 1.29 is 4.79 Å². The number of rotatable bonds is 2. The van der Waals surface area contributed by atoms with Gasteiger partial charge in [0.05, 0.1) is 12.2 Å². The number of benzene rings is 2. The van der Waals surface area contributed by atoms with Gasteiger partial charge < -0.3 is 4.90 Å². The lowest BCUT2D eigenvalue weighted by molar-refractivity contribution is -0.119. The molecule has 1 aliphatic heterocycles. The minimum absolute atomic E-state index is 0.239. The maximum Gasteiger partial charge on any atom is 0.227 e. The molecule has 1 fully saturated rings. The van der Waals surface area contributed by atoms with E-state index in [1.807, 2.05) is 47.4 Å². The minimum atomic E-state index is 0.239. The number of para-hydroxylation sites is 1. The van der Waals surface area contributed by atoms with Gasteiger partial charge in [-0.3, -0.25) is 4.79 Å². The summed E-state index contributed by atoms with van der Waals surface area (Å²) in [5, 5.41) is 0. The summed E-state index contributed by atoms with van der Waals surface area (Å²) in [5.41, 5.74) is 4.04. The third kappa shape index (κ3) is 3.68. The normalized spacial score (nSPS) is 17.0. The zero-order valence-corrected chi connectivity index (χ0v) is 15.2. The van der Waals surface area contributed by atoms with Crippen LogP contribution in [0.3, 0.4) is 0 Å². The van der Waals surface area contributed by atoms with Crippen LogP contribution >= 0.6 is 0 Å². The number of fused-ring (bicyclic) bond motifs is 2. The lowest BCUT2D eigenvalue weighted by atomic mass is 9.95. The molecule has 1 aliphatic carbocycles. The quantitative estimate of drug-likeness (QED) is 0.536. The number of nitrogens with zero attached hydrogens (tertiary/aromatic N) is 1. The van der Waals surface area contributed by atoms with Crippen LogP contribution in [-0.4, -0.2) is 5.91 Å². The molecule has 2 aliphatic rings. The molecule has 2 heteroatoms. The van der Waals surface area contributed by atoms with Crippen molar-refractivity contribution >= 4 is 11.6 Å². The number of carbonyl (C=O) groups is 1. The van der Waals surface area contributed by atoms with Gasteiger partial charge in [0.1, 0.15) is 0 Å². The summed E-state index contributed by atoms with van der Waals surface area (Å²) in [6, 6.07) is 16.2. The summed E-state index contributed by atoms with van der Waals surface area (Å²) in [7, 11) is 0. The molecule has 1 heterocycles. The van der Waals surface area contributed by atoms with Gasteiger partial charge in [-0.15, -0.1) is 0 Å². The molecular formula is C24H25NO. The van der Waals surface area contributed by atoms with Gasteiger partial charge in [0.15, 0.2) is 0 Å². The fourth-order valence-corrected chi connectivity index (χ4v) is 4.13. The van der Waals surface area contributed by atoms with E-state index < -0.39 is 0 Å². The van der Waals surface area contributed by atoms with Crippen LogP contribution in [0.4, 0.5) is 5.69 Å². The number of hydrogen-bond acceptors (Lipinski definition) is 1. The average molecular weight is 343 g/mol. The van der Waals surface area contributed by atoms with E-state index in [2.05, 4.69) is 17.9 Å². The van der Waals surface area contributed by atoms with Gasteiger partial charge in [0.2, 0.25) is 5.91 Å². The van der Waals surface area contributed by atoms with Crippen molar-refractivity contribution in [1.29, 1.82) is 0 Å². The first-order valence-corrected chi connectivity index (χ1v) is 9.80. The lowest BCUT2D eigenvalue weighted by Gasteiger charge is -2.27. The monoisotopic (exact) mass is 343 g/mol. The Hall–Kier alpha value is -2.53. The molecule has 1 saturated carbocycles. The summed E-state index contributed by atoms with van der Waals surface area (Å²) in [4.78, 5) is 15.3. The summed E-state index contributed by atoms with van der Waals surface area (Å²) >= 11 is 0. The Morgan fingerprint density at radius 2 is 1.54 bits per heavy atom. The highest BCUT2D eigenvalue weighted by atomic mass is 16.2. The second kappa shape index (κ2) is 7.79. The molecule has 0 aromatic heterocycles. The van der Waals surface area contributed by atoms with Crippen LogP contribution in [0.1, 0.15) is 61.6 Å². The third-order valence-corrected chi connectivity index (χ3v) is 5.61. The molecule has 2 aromatic carbocycles. The highest BCUT2D eigenvalue weighted by Crippen LogP contribution is 2.30. The summed E-state index contributed by atoms with van der Waals surface area (Å²) in [6.07, 6.45) is 8.21. The SMILES string of the molecule is O=C(CC1CCCCCC1)N1Cc2ccccc2C#Cc2ccccc21. The zero-order chi connectivity index (χ0) is 17.8. The third-order valence-electron chi connectivity index (χ3n) is 5.61. The molecule has 0 atom stereocenters. The van der Waals surface area contributed by atoms with E-state index in [-0.39, 0.29) is 5.91 Å². The molecule has 2 nitrogen and oxygen atoms in total. The molecule has 0 unspecified atom stereocenters. The van der Waals surface area contributed by atoms with Crippen LogP contribution in [0.25, 0.3) is 0 Å². The molecule has 4 rings (SSSR count). The van der Waals surface area contributed by atoms with Crippen molar-refractivity contribution in [2.24, 2.45) is 5.92 Å². The summed E-state index contributed by atoms with van der Waals surface area (Å²) in [6.45, 7) is 0.605. The van der Waals surface area contributed by atoms with E-state index in [9.17, 15) is 4.79 Å². The van der Waals surface area contributed by atoms with Crippen molar-refractivity contribution in [3.63, 3.8) is 0 Å². The van der Waals surface area contributed by atoms with Crippen LogP contribution in [0, 0.1) is 17.8 Å². The van der Waals surface area contributed by atoms with Crippen molar-refractivity contribution in [2.45, 2.75) is 51.5 Å². The van der Waals surface area contributed by atoms with E-state index in [0.29, 0.717) is 18.9 Å². The molecule has 0 N–H and O–H groups in total. The predicted molar refractivity (Wildman–Crippen MR) is 106 cm³/mol. The van der Waals surface area contributed by atoms with E-state index >= 15 is 0 Å². The molecule has 2 aromatic rings. The fourth-order valence-electron chi connectivity index (χ4n) is 4.13. The Morgan fingerprint density at radius 1 is 0.885 bits per heavy atom. The topological polar surface area (TPSA) is 20.3 Å². The maximum atomic E-state index is 13.3. The molecule has 132 valence electrons. The second-order valence-corrected chi connectivity index (χ2v) is 7.47. The zero-order valence-electron chi connectivity index (χ0n) is 15.2. The van der Waals surface area contributed by atoms with Gasteiger partial charge in [0.25, 0.3) is 0 Å². The van der Waals surface area contributed by atoms with Crippen LogP contribution < -0.4 is 4.90 Å². The van der Waals surface area contributed by atoms with Gasteiger partial charge in [-0.05, 0) is 42.5 Å². The summed E-state index contributed by atoms with van der Waals surface area (Å²) < 4.78 is 0. The molecule has 26 heavy (non-hydrogen) atoms. The van der Waals surface area contributed by atoms with Crippen molar-refractivity contribution in [1.82, 2.24) is 0 Å². The Balaban J connectivity index is 1.66. The van der Waals surface area contributed by atoms with Crippen LogP contribution in [-0.2, 0) is 11.3 Å². The maximum absolute atomic E-state index is 13.3. The van der Waals surface area contributed by atoms with E-state index in [0.717, 1.165) is 22.4 Å². The predicted octanol–water partition coefficient (Wildman–Crippen LogP) is 5.29. The first kappa shape index (κ1) is 16.9. The Bertz CT molecular complexity index is 850. The Kier molecular flexibility index (Phi) is 5.07. The Morgan fingerprint density at radius 3 is 2.35 bits per heavy atom. The van der Waals surface area contributed by atoms with Crippen molar-refractivity contribution in [3.8, 4) is 11.8 Å². The average Bonchev–Trinajstić information content (AvgIpc) is 2.92. The number of hydrogen-bond donors (Lipinski definition) is 0. The van der Waals surface area contributed by atoms with Gasteiger partial charge in [0, 0.05) is 17.5 Å². The Labute approximate surface area is 156 Å². The number of carbonyl (C=O) groups excluding carboxylic acids is 1. The first-order valence-electron chi connectivity index (χ1n) is 9.80. The number of anilines is 1. The lowest BCUT2D eigenvalue weighted by Crippen LogP contribution is -2.33. The van der Waals surface area contributed by atoms with Gasteiger partial charge in [-0.25, -0.2) is 0 Å². The molecule has 0 spiro atoms. The van der Waals surface area contributed by atoms with E-state index in [1.54, 1.807) is 0 Å². The fraction of sp³-hybridized carbons (Fsp3) is 0.375. The largest absolute Gasteiger partial charge is 0.307 e. The van der Waals surface area contributed by atoms with Gasteiger partial charge >= 0.3 is 0 Å². The molecule has 1 amide bonds. The van der Waals surface area contributed by atoms with Crippen molar-refractivity contribution in [3.05, 3.63) is 65.2 Å². The van der Waals surface area contributed by atoms with Gasteiger partial charge in [-0.1, -0.05) is 67.9 Å². The second-order valence-electron chi connectivity index (χ2n) is 7.47. The standard InChI is InChI=1S/C24H25NO/c26-24(17-19-9-3-1-2-4-10-19)25-18-22-13-6-5-11-20(22)15-16-21-12-7-8-14-23(21)25/h5-8,11-14,19H,1-4,9-10,17-18H2. The van der Waals surface area contributed by atoms with Gasteiger partial charge in [-0.2, -0.15) is 0 Å². The minimum Gasteiger partial charge on any atom is -0.307 e. The highest BCUT2D eigenvalue weighted by molar-refractivity contribution is 5.95. The van der Waals surface area contributed by atoms with E-state index in [1.165, 1.54) is 38.5 Å². The van der Waals surface area contributed by atoms with Crippen LogP contribution in [0.15, 0.2) is 48.5 Å². The summed E-state index contributed by atoms with van der Waals surface area (Å²) in [5.74, 6) is 7.33. The van der Waals surface area contributed by atoms with Crippen LogP contribution in [0.2, 0.25) is 0 Å². The first-order chi connectivity index (χ1) is 12.8. The van der Waals surface area contributed by atoms with Crippen LogP contribution in [0.5, 0.6) is 0 Å².